The highest BCUT2D eigenvalue weighted by Crippen LogP contribution is 2.19. The Balaban J connectivity index is 2.39. The van der Waals surface area contributed by atoms with Crippen LogP contribution in [0.3, 0.4) is 0 Å². The molecule has 1 aromatic rings. The minimum Gasteiger partial charge on any atom is -0.462 e. The molecule has 0 aromatic heterocycles. The molecule has 0 aliphatic heterocycles. The van der Waals surface area contributed by atoms with Crippen molar-refractivity contribution in [3.63, 3.8) is 0 Å². The van der Waals surface area contributed by atoms with E-state index in [4.69, 9.17) is 14.2 Å². The van der Waals surface area contributed by atoms with Crippen LogP contribution in [-0.4, -0.2) is 69.1 Å². The van der Waals surface area contributed by atoms with E-state index in [1.807, 2.05) is 6.92 Å². The van der Waals surface area contributed by atoms with E-state index in [-0.39, 0.29) is 18.2 Å². The van der Waals surface area contributed by atoms with Gasteiger partial charge in [-0.2, -0.15) is 0 Å². The number of unbranched alkanes of at least 4 members (excludes halogenated alkanes) is 22. The molecule has 0 spiro atoms. The van der Waals surface area contributed by atoms with Crippen molar-refractivity contribution in [3.05, 3.63) is 20.4 Å². The number of carbonyl (C=O) groups excluding carboxylic acids is 2. The molecule has 0 saturated heterocycles. The van der Waals surface area contributed by atoms with Crippen LogP contribution in [0.4, 0.5) is 16.2 Å². The third-order valence-electron chi connectivity index (χ3n) is 11.9. The summed E-state index contributed by atoms with van der Waals surface area (Å²) in [6, 6.07) is 0. The van der Waals surface area contributed by atoms with Gasteiger partial charge in [0.2, 0.25) is 0 Å². The molecule has 1 aromatic carbocycles. The van der Waals surface area contributed by atoms with Gasteiger partial charge in [-0.3, -0.25) is 14.4 Å². The molecule has 0 aliphatic rings. The van der Waals surface area contributed by atoms with E-state index in [0.717, 1.165) is 122 Å². The van der Waals surface area contributed by atoms with Gasteiger partial charge in [-0.05, 0) is 97.2 Å². The van der Waals surface area contributed by atoms with Crippen LogP contribution in [0, 0.1) is 0 Å². The number of anilines is 2. The molecule has 10 nitrogen and oxygen atoms in total. The highest BCUT2D eigenvalue weighted by molar-refractivity contribution is 5.73. The summed E-state index contributed by atoms with van der Waals surface area (Å²) in [5, 5.41) is 5.99. The Morgan fingerprint density at radius 2 is 0.983 bits per heavy atom. The highest BCUT2D eigenvalue weighted by Gasteiger charge is 2.19. The van der Waals surface area contributed by atoms with Gasteiger partial charge in [0.05, 0.1) is 6.61 Å². The van der Waals surface area contributed by atoms with E-state index in [2.05, 4.69) is 36.3 Å². The number of carbonyl (C=O) groups is 2. The number of rotatable bonds is 44. The number of hydrogen-bond donors (Lipinski definition) is 2. The molecular formula is C50H93N3O7. The predicted octanol–water partition coefficient (Wildman–Crippen LogP) is 13.0. The first-order valence-electron chi connectivity index (χ1n) is 25.3. The normalized spacial score (nSPS) is 12.1. The summed E-state index contributed by atoms with van der Waals surface area (Å²) in [5.41, 5.74) is -0.103. The smallest absolute Gasteiger partial charge is 0.462 e. The average Bonchev–Trinajstić information content (AvgIpc) is 3.23. The zero-order valence-corrected chi connectivity index (χ0v) is 39.6. The summed E-state index contributed by atoms with van der Waals surface area (Å²) in [6.07, 6.45) is 35.5. The van der Waals surface area contributed by atoms with Crippen molar-refractivity contribution in [2.45, 2.75) is 245 Å². The van der Waals surface area contributed by atoms with Gasteiger partial charge >= 0.3 is 12.1 Å². The number of hydrogen-bond acceptors (Lipinski definition) is 10. The third-order valence-corrected chi connectivity index (χ3v) is 11.9. The average molecular weight is 848 g/mol. The molecule has 0 aliphatic carbocycles. The summed E-state index contributed by atoms with van der Waals surface area (Å²) in [5.74, 6) is -0.0118. The van der Waals surface area contributed by atoms with Crippen LogP contribution in [0.2, 0.25) is 0 Å². The van der Waals surface area contributed by atoms with Crippen molar-refractivity contribution in [3.8, 4) is 0 Å². The van der Waals surface area contributed by atoms with Gasteiger partial charge in [0.15, 0.2) is 0 Å². The fraction of sp³-hybridized carbons (Fsp3) is 0.880. The number of nitrogens with one attached hydrogen (secondary N) is 2. The van der Waals surface area contributed by atoms with Gasteiger partial charge in [-0.1, -0.05) is 149 Å². The highest BCUT2D eigenvalue weighted by atomic mass is 16.7. The fourth-order valence-corrected chi connectivity index (χ4v) is 8.01. The summed E-state index contributed by atoms with van der Waals surface area (Å²) in [6.45, 7) is 12.6. The Morgan fingerprint density at radius 1 is 0.533 bits per heavy atom. The van der Waals surface area contributed by atoms with Crippen LogP contribution in [0.5, 0.6) is 0 Å². The molecule has 2 N–H and O–H groups in total. The van der Waals surface area contributed by atoms with E-state index in [1.165, 1.54) is 96.3 Å². The van der Waals surface area contributed by atoms with Gasteiger partial charge in [0, 0.05) is 20.0 Å². The van der Waals surface area contributed by atoms with Gasteiger partial charge < -0.3 is 29.7 Å². The van der Waals surface area contributed by atoms with E-state index < -0.39 is 17.0 Å². The first-order chi connectivity index (χ1) is 29.3. The quantitative estimate of drug-likeness (QED) is 0.0373. The first-order valence-corrected chi connectivity index (χ1v) is 25.3. The molecule has 60 heavy (non-hydrogen) atoms. The van der Waals surface area contributed by atoms with E-state index in [9.17, 15) is 19.2 Å². The molecule has 1 unspecified atom stereocenters. The number of ether oxygens (including phenoxy) is 3. The van der Waals surface area contributed by atoms with Crippen LogP contribution in [0.15, 0.2) is 9.59 Å². The largest absolute Gasteiger partial charge is 0.508 e. The zero-order chi connectivity index (χ0) is 43.9. The molecule has 350 valence electrons. The molecule has 0 saturated carbocycles. The van der Waals surface area contributed by atoms with Gasteiger partial charge in [-0.25, -0.2) is 4.79 Å². The fourth-order valence-electron chi connectivity index (χ4n) is 8.01. The Labute approximate surface area is 367 Å². The maximum absolute atomic E-state index is 12.9. The lowest BCUT2D eigenvalue weighted by Gasteiger charge is -2.23. The SMILES string of the molecule is CCCCCCCCC(C)OC(=O)OCCCCCCN(CCCCCCCC(=O)OC(CCCCCCCC)CCCCCCCC)CCCNc1c(NC)c(=O)c1=O. The Morgan fingerprint density at radius 3 is 1.53 bits per heavy atom. The van der Waals surface area contributed by atoms with E-state index in [1.54, 1.807) is 7.05 Å². The lowest BCUT2D eigenvalue weighted by atomic mass is 10.0. The second kappa shape index (κ2) is 39.2. The molecule has 0 heterocycles. The van der Waals surface area contributed by atoms with Crippen molar-refractivity contribution in [2.24, 2.45) is 0 Å². The Kier molecular flexibility index (Phi) is 36.2. The minimum atomic E-state index is -0.551. The summed E-state index contributed by atoms with van der Waals surface area (Å²) < 4.78 is 16.8. The van der Waals surface area contributed by atoms with Gasteiger partial charge in [0.1, 0.15) is 23.6 Å². The predicted molar refractivity (Wildman–Crippen MR) is 252 cm³/mol. The monoisotopic (exact) mass is 848 g/mol. The van der Waals surface area contributed by atoms with Crippen molar-refractivity contribution < 1.29 is 23.8 Å². The summed E-state index contributed by atoms with van der Waals surface area (Å²) in [7, 11) is 1.66. The van der Waals surface area contributed by atoms with Crippen LogP contribution >= 0.6 is 0 Å². The summed E-state index contributed by atoms with van der Waals surface area (Å²) >= 11 is 0. The van der Waals surface area contributed by atoms with Crippen molar-refractivity contribution in [1.29, 1.82) is 0 Å². The zero-order valence-electron chi connectivity index (χ0n) is 39.6. The molecule has 0 fully saturated rings. The van der Waals surface area contributed by atoms with Crippen molar-refractivity contribution >= 4 is 23.5 Å². The molecule has 0 amide bonds. The summed E-state index contributed by atoms with van der Waals surface area (Å²) in [4.78, 5) is 51.2. The van der Waals surface area contributed by atoms with Crippen LogP contribution in [-0.2, 0) is 19.0 Å². The molecule has 0 radical (unpaired) electrons. The number of esters is 1. The third kappa shape index (κ3) is 29.6. The second-order valence-electron chi connectivity index (χ2n) is 17.5. The van der Waals surface area contributed by atoms with Gasteiger partial charge in [0.25, 0.3) is 10.9 Å². The van der Waals surface area contributed by atoms with Crippen LogP contribution < -0.4 is 21.5 Å². The first kappa shape index (κ1) is 55.4. The van der Waals surface area contributed by atoms with Crippen LogP contribution in [0.25, 0.3) is 0 Å². The molecule has 1 atom stereocenters. The molecule has 10 heteroatoms. The molecule has 1 rings (SSSR count). The maximum atomic E-state index is 12.9. The molecular weight excluding hydrogens is 755 g/mol. The standard InChI is InChI=1S/C50H93N3O7/c1-6-9-12-15-19-26-34-43(4)59-50(57)58-42-32-25-24-31-40-53(41-33-38-52-47-46(51-5)48(55)49(47)56)39-30-23-18-22-29-37-45(54)60-44(35-27-20-16-13-10-7-2)36-28-21-17-14-11-8-3/h43-44,51-52H,6-42H2,1-5H3. The molecule has 0 bridgehead atoms. The van der Waals surface area contributed by atoms with Crippen molar-refractivity contribution in [1.82, 2.24) is 4.90 Å². The van der Waals surface area contributed by atoms with E-state index >= 15 is 0 Å². The topological polar surface area (TPSA) is 123 Å². The minimum absolute atomic E-state index is 0.0118. The second-order valence-corrected chi connectivity index (χ2v) is 17.5. The number of nitrogens with zero attached hydrogens (tertiary/aromatic N) is 1. The lowest BCUT2D eigenvalue weighted by molar-refractivity contribution is -0.150. The van der Waals surface area contributed by atoms with Crippen LogP contribution in [0.1, 0.15) is 233 Å². The van der Waals surface area contributed by atoms with Crippen molar-refractivity contribution in [2.75, 3.05) is 50.5 Å². The van der Waals surface area contributed by atoms with E-state index in [0.29, 0.717) is 30.9 Å². The Hall–Kier alpha value is -2.62. The van der Waals surface area contributed by atoms with Gasteiger partial charge in [-0.15, -0.1) is 0 Å². The maximum Gasteiger partial charge on any atom is 0.508 e. The lowest BCUT2D eigenvalue weighted by Crippen LogP contribution is -2.37. The Bertz CT molecular complexity index is 1220.